The van der Waals surface area contributed by atoms with E-state index in [1.54, 1.807) is 7.11 Å². The summed E-state index contributed by atoms with van der Waals surface area (Å²) in [6.07, 6.45) is 1.10. The van der Waals surface area contributed by atoms with Gasteiger partial charge in [0, 0.05) is 31.7 Å². The molecule has 1 aromatic carbocycles. The van der Waals surface area contributed by atoms with Crippen molar-refractivity contribution in [3.8, 4) is 5.75 Å². The lowest BCUT2D eigenvalue weighted by molar-refractivity contribution is 0.173. The van der Waals surface area contributed by atoms with Crippen LogP contribution < -0.4 is 15.4 Å². The van der Waals surface area contributed by atoms with Crippen LogP contribution in [0.1, 0.15) is 46.6 Å². The van der Waals surface area contributed by atoms with Crippen LogP contribution >= 0.6 is 0 Å². The van der Waals surface area contributed by atoms with Crippen molar-refractivity contribution in [1.82, 2.24) is 15.5 Å². The van der Waals surface area contributed by atoms with E-state index >= 15 is 0 Å². The van der Waals surface area contributed by atoms with E-state index in [-0.39, 0.29) is 0 Å². The Labute approximate surface area is 153 Å². The maximum atomic E-state index is 5.19. The van der Waals surface area contributed by atoms with Gasteiger partial charge in [0.25, 0.3) is 0 Å². The molecule has 5 heteroatoms. The molecule has 0 atom stereocenters. The summed E-state index contributed by atoms with van der Waals surface area (Å²) in [6.45, 7) is 14.7. The number of benzene rings is 1. The SMILES string of the molecule is CCNC(=NCc1ccc(OC)cc1)NCCCN(C(C)C)C(C)C. The number of hydrogen-bond acceptors (Lipinski definition) is 3. The summed E-state index contributed by atoms with van der Waals surface area (Å²) in [5.41, 5.74) is 1.17. The van der Waals surface area contributed by atoms with E-state index < -0.39 is 0 Å². The first-order valence-electron chi connectivity index (χ1n) is 9.38. The lowest BCUT2D eigenvalue weighted by atomic mass is 10.2. The van der Waals surface area contributed by atoms with Crippen LogP contribution in [0.4, 0.5) is 0 Å². The molecular weight excluding hydrogens is 312 g/mol. The van der Waals surface area contributed by atoms with Crippen molar-refractivity contribution in [2.75, 3.05) is 26.7 Å². The molecule has 1 rings (SSSR count). The van der Waals surface area contributed by atoms with Gasteiger partial charge in [-0.05, 0) is 58.7 Å². The predicted molar refractivity (Wildman–Crippen MR) is 107 cm³/mol. The molecule has 0 aliphatic heterocycles. The van der Waals surface area contributed by atoms with E-state index in [9.17, 15) is 0 Å². The zero-order valence-electron chi connectivity index (χ0n) is 16.8. The van der Waals surface area contributed by atoms with E-state index in [0.717, 1.165) is 37.8 Å². The van der Waals surface area contributed by atoms with Crippen LogP contribution in [0.3, 0.4) is 0 Å². The van der Waals surface area contributed by atoms with E-state index in [2.05, 4.69) is 67.3 Å². The van der Waals surface area contributed by atoms with Crippen LogP contribution in [-0.4, -0.2) is 49.7 Å². The molecule has 0 radical (unpaired) electrons. The molecule has 0 unspecified atom stereocenters. The standard InChI is InChI=1S/C20H36N4O/c1-7-21-20(22-13-8-14-24(16(2)3)17(4)5)23-15-18-9-11-19(25-6)12-10-18/h9-12,16-17H,7-8,13-15H2,1-6H3,(H2,21,22,23). The number of aliphatic imine (C=N–C) groups is 1. The average Bonchev–Trinajstić information content (AvgIpc) is 2.59. The molecule has 0 fully saturated rings. The molecule has 0 saturated carbocycles. The van der Waals surface area contributed by atoms with Gasteiger partial charge < -0.3 is 15.4 Å². The molecule has 0 bridgehead atoms. The van der Waals surface area contributed by atoms with Gasteiger partial charge in [0.2, 0.25) is 0 Å². The average molecular weight is 349 g/mol. The van der Waals surface area contributed by atoms with Crippen molar-refractivity contribution >= 4 is 5.96 Å². The number of hydrogen-bond donors (Lipinski definition) is 2. The van der Waals surface area contributed by atoms with E-state index in [1.807, 2.05) is 12.1 Å². The second kappa shape index (κ2) is 11.7. The minimum Gasteiger partial charge on any atom is -0.497 e. The smallest absolute Gasteiger partial charge is 0.191 e. The second-order valence-corrected chi connectivity index (χ2v) is 6.75. The van der Waals surface area contributed by atoms with Crippen molar-refractivity contribution in [3.05, 3.63) is 29.8 Å². The molecule has 0 saturated heterocycles. The zero-order chi connectivity index (χ0) is 18.7. The van der Waals surface area contributed by atoms with Gasteiger partial charge >= 0.3 is 0 Å². The van der Waals surface area contributed by atoms with Gasteiger partial charge in [-0.25, -0.2) is 4.99 Å². The molecule has 0 aromatic heterocycles. The summed E-state index contributed by atoms with van der Waals surface area (Å²) < 4.78 is 5.19. The maximum absolute atomic E-state index is 5.19. The van der Waals surface area contributed by atoms with Crippen molar-refractivity contribution in [3.63, 3.8) is 0 Å². The molecule has 2 N–H and O–H groups in total. The summed E-state index contributed by atoms with van der Waals surface area (Å²) in [7, 11) is 1.68. The van der Waals surface area contributed by atoms with Crippen LogP contribution in [-0.2, 0) is 6.54 Å². The molecular formula is C20H36N4O. The zero-order valence-corrected chi connectivity index (χ0v) is 16.8. The summed E-state index contributed by atoms with van der Waals surface area (Å²) in [5, 5.41) is 6.74. The highest BCUT2D eigenvalue weighted by atomic mass is 16.5. The molecule has 0 amide bonds. The highest BCUT2D eigenvalue weighted by Crippen LogP contribution is 2.11. The summed E-state index contributed by atoms with van der Waals surface area (Å²) in [6, 6.07) is 9.20. The number of nitrogens with one attached hydrogen (secondary N) is 2. The Kier molecular flexibility index (Phi) is 10.0. The van der Waals surface area contributed by atoms with E-state index in [4.69, 9.17) is 4.74 Å². The normalized spacial score (nSPS) is 12.1. The first kappa shape index (κ1) is 21.3. The molecule has 0 aliphatic carbocycles. The first-order valence-corrected chi connectivity index (χ1v) is 9.38. The van der Waals surface area contributed by atoms with Crippen LogP contribution in [0, 0.1) is 0 Å². The lowest BCUT2D eigenvalue weighted by Crippen LogP contribution is -2.41. The first-order chi connectivity index (χ1) is 12.0. The number of ether oxygens (including phenoxy) is 1. The van der Waals surface area contributed by atoms with Crippen LogP contribution in [0.5, 0.6) is 5.75 Å². The monoisotopic (exact) mass is 348 g/mol. The van der Waals surface area contributed by atoms with Crippen molar-refractivity contribution < 1.29 is 4.74 Å². The molecule has 0 spiro atoms. The quantitative estimate of drug-likeness (QED) is 0.387. The largest absolute Gasteiger partial charge is 0.497 e. The van der Waals surface area contributed by atoms with Gasteiger partial charge in [0.15, 0.2) is 5.96 Å². The molecule has 142 valence electrons. The third kappa shape index (κ3) is 8.25. The maximum Gasteiger partial charge on any atom is 0.191 e. The Morgan fingerprint density at radius 2 is 1.72 bits per heavy atom. The van der Waals surface area contributed by atoms with Gasteiger partial charge in [0.05, 0.1) is 13.7 Å². The number of methoxy groups -OCH3 is 1. The predicted octanol–water partition coefficient (Wildman–Crippen LogP) is 3.26. The Morgan fingerprint density at radius 1 is 1.08 bits per heavy atom. The summed E-state index contributed by atoms with van der Waals surface area (Å²) in [5.74, 6) is 1.75. The van der Waals surface area contributed by atoms with E-state index in [0.29, 0.717) is 18.6 Å². The fourth-order valence-corrected chi connectivity index (χ4v) is 2.82. The Balaban J connectivity index is 2.47. The van der Waals surface area contributed by atoms with Gasteiger partial charge in [-0.2, -0.15) is 0 Å². The van der Waals surface area contributed by atoms with Crippen molar-refractivity contribution in [2.45, 2.75) is 59.7 Å². The molecule has 5 nitrogen and oxygen atoms in total. The highest BCUT2D eigenvalue weighted by Gasteiger charge is 2.12. The van der Waals surface area contributed by atoms with Gasteiger partial charge in [-0.15, -0.1) is 0 Å². The van der Waals surface area contributed by atoms with Gasteiger partial charge in [-0.1, -0.05) is 12.1 Å². The van der Waals surface area contributed by atoms with Crippen molar-refractivity contribution in [1.29, 1.82) is 0 Å². The molecule has 0 heterocycles. The summed E-state index contributed by atoms with van der Waals surface area (Å²) >= 11 is 0. The van der Waals surface area contributed by atoms with Crippen LogP contribution in [0.2, 0.25) is 0 Å². The highest BCUT2D eigenvalue weighted by molar-refractivity contribution is 5.79. The third-order valence-electron chi connectivity index (χ3n) is 4.14. The van der Waals surface area contributed by atoms with Crippen molar-refractivity contribution in [2.24, 2.45) is 4.99 Å². The molecule has 25 heavy (non-hydrogen) atoms. The Bertz CT molecular complexity index is 489. The number of guanidine groups is 1. The van der Waals surface area contributed by atoms with Crippen LogP contribution in [0.25, 0.3) is 0 Å². The number of nitrogens with zero attached hydrogens (tertiary/aromatic N) is 2. The third-order valence-corrected chi connectivity index (χ3v) is 4.14. The topological polar surface area (TPSA) is 48.9 Å². The van der Waals surface area contributed by atoms with E-state index in [1.165, 1.54) is 5.56 Å². The minimum atomic E-state index is 0.581. The Morgan fingerprint density at radius 3 is 2.24 bits per heavy atom. The minimum absolute atomic E-state index is 0.581. The fraction of sp³-hybridized carbons (Fsp3) is 0.650. The van der Waals surface area contributed by atoms with Crippen LogP contribution in [0.15, 0.2) is 29.3 Å². The lowest BCUT2D eigenvalue weighted by Gasteiger charge is -2.30. The molecule has 1 aromatic rings. The summed E-state index contributed by atoms with van der Waals surface area (Å²) in [4.78, 5) is 7.18. The fourth-order valence-electron chi connectivity index (χ4n) is 2.82. The second-order valence-electron chi connectivity index (χ2n) is 6.75. The Hall–Kier alpha value is -1.75. The number of rotatable bonds is 10. The van der Waals surface area contributed by atoms with Gasteiger partial charge in [0.1, 0.15) is 5.75 Å². The van der Waals surface area contributed by atoms with Gasteiger partial charge in [-0.3, -0.25) is 4.90 Å². The molecule has 0 aliphatic rings.